The number of nitrogen functional groups attached to an aromatic ring is 1. The Labute approximate surface area is 120 Å². The molecule has 0 radical (unpaired) electrons. The average Bonchev–Trinajstić information content (AvgIpc) is 2.96. The first-order chi connectivity index (χ1) is 9.83. The molecule has 1 aromatic carbocycles. The Morgan fingerprint density at radius 3 is 2.55 bits per heavy atom. The molecule has 1 fully saturated rings. The highest BCUT2D eigenvalue weighted by atomic mass is 15.3. The summed E-state index contributed by atoms with van der Waals surface area (Å²) in [7, 11) is 0. The lowest BCUT2D eigenvalue weighted by molar-refractivity contribution is 0.345. The largest absolute Gasteiger partial charge is 0.399 e. The highest BCUT2D eigenvalue weighted by molar-refractivity contribution is 5.39. The van der Waals surface area contributed by atoms with Gasteiger partial charge in [-0.1, -0.05) is 31.4 Å². The third-order valence-electron chi connectivity index (χ3n) is 4.23. The van der Waals surface area contributed by atoms with Crippen molar-refractivity contribution in [1.29, 1.82) is 0 Å². The van der Waals surface area contributed by atoms with Crippen molar-refractivity contribution in [2.75, 3.05) is 5.73 Å². The Morgan fingerprint density at radius 2 is 1.80 bits per heavy atom. The standard InChI is InChI=1S/C16H22N4/c17-14-9-6-13(7-10-14)8-11-16-19-18-12-20(16)15-4-2-1-3-5-15/h6-7,9-10,12,15H,1-5,8,11,17H2. The molecule has 20 heavy (non-hydrogen) atoms. The summed E-state index contributed by atoms with van der Waals surface area (Å²) in [5.41, 5.74) is 7.83. The topological polar surface area (TPSA) is 56.7 Å². The number of nitrogens with two attached hydrogens (primary N) is 1. The second-order valence-electron chi connectivity index (χ2n) is 5.69. The van der Waals surface area contributed by atoms with E-state index in [2.05, 4.69) is 26.9 Å². The van der Waals surface area contributed by atoms with Crippen molar-refractivity contribution in [2.24, 2.45) is 0 Å². The zero-order valence-electron chi connectivity index (χ0n) is 11.8. The van der Waals surface area contributed by atoms with E-state index in [1.54, 1.807) is 0 Å². The SMILES string of the molecule is Nc1ccc(CCc2nncn2C2CCCCC2)cc1. The first-order valence-electron chi connectivity index (χ1n) is 7.56. The van der Waals surface area contributed by atoms with E-state index in [4.69, 9.17) is 5.73 Å². The molecule has 1 heterocycles. The second kappa shape index (κ2) is 6.07. The Balaban J connectivity index is 1.65. The molecule has 0 unspecified atom stereocenters. The van der Waals surface area contributed by atoms with Crippen molar-refractivity contribution in [3.05, 3.63) is 42.0 Å². The van der Waals surface area contributed by atoms with E-state index in [-0.39, 0.29) is 0 Å². The van der Waals surface area contributed by atoms with Gasteiger partial charge in [-0.3, -0.25) is 0 Å². The molecule has 3 rings (SSSR count). The van der Waals surface area contributed by atoms with Crippen molar-refractivity contribution in [2.45, 2.75) is 51.0 Å². The van der Waals surface area contributed by atoms with E-state index in [0.717, 1.165) is 24.4 Å². The van der Waals surface area contributed by atoms with Crippen molar-refractivity contribution in [3.8, 4) is 0 Å². The van der Waals surface area contributed by atoms with Crippen molar-refractivity contribution >= 4 is 5.69 Å². The van der Waals surface area contributed by atoms with Crippen LogP contribution in [0.2, 0.25) is 0 Å². The van der Waals surface area contributed by atoms with E-state index >= 15 is 0 Å². The number of anilines is 1. The summed E-state index contributed by atoms with van der Waals surface area (Å²) in [5.74, 6) is 1.12. The van der Waals surface area contributed by atoms with E-state index in [0.29, 0.717) is 6.04 Å². The Bertz CT molecular complexity index is 538. The molecule has 0 aliphatic heterocycles. The summed E-state index contributed by atoms with van der Waals surface area (Å²) >= 11 is 0. The second-order valence-corrected chi connectivity index (χ2v) is 5.69. The number of aryl methyl sites for hydroxylation is 2. The molecule has 4 nitrogen and oxygen atoms in total. The molecule has 0 spiro atoms. The van der Waals surface area contributed by atoms with Gasteiger partial charge in [-0.15, -0.1) is 10.2 Å². The van der Waals surface area contributed by atoms with Crippen LogP contribution in [0.5, 0.6) is 0 Å². The predicted molar refractivity (Wildman–Crippen MR) is 80.4 cm³/mol. The van der Waals surface area contributed by atoms with Gasteiger partial charge in [0, 0.05) is 18.2 Å². The molecule has 0 amide bonds. The van der Waals surface area contributed by atoms with Crippen molar-refractivity contribution in [3.63, 3.8) is 0 Å². The number of rotatable bonds is 4. The molecule has 106 valence electrons. The van der Waals surface area contributed by atoms with Gasteiger partial charge in [-0.25, -0.2) is 0 Å². The molecule has 0 saturated heterocycles. The lowest BCUT2D eigenvalue weighted by Crippen LogP contribution is -2.15. The molecule has 0 bridgehead atoms. The minimum Gasteiger partial charge on any atom is -0.399 e. The number of hydrogen-bond acceptors (Lipinski definition) is 3. The van der Waals surface area contributed by atoms with Crippen LogP contribution in [0.4, 0.5) is 5.69 Å². The van der Waals surface area contributed by atoms with Gasteiger partial charge >= 0.3 is 0 Å². The van der Waals surface area contributed by atoms with Crippen LogP contribution >= 0.6 is 0 Å². The van der Waals surface area contributed by atoms with Crippen molar-refractivity contribution < 1.29 is 0 Å². The molecular formula is C16H22N4. The van der Waals surface area contributed by atoms with Gasteiger partial charge in [-0.05, 0) is 37.0 Å². The smallest absolute Gasteiger partial charge is 0.133 e. The minimum absolute atomic E-state index is 0.611. The molecule has 1 aliphatic carbocycles. The third kappa shape index (κ3) is 3.00. The Hall–Kier alpha value is -1.84. The van der Waals surface area contributed by atoms with Crippen LogP contribution in [-0.4, -0.2) is 14.8 Å². The van der Waals surface area contributed by atoms with Gasteiger partial charge in [0.1, 0.15) is 12.2 Å². The first kappa shape index (κ1) is 13.2. The molecule has 2 aromatic rings. The van der Waals surface area contributed by atoms with Crippen LogP contribution in [0, 0.1) is 0 Å². The molecule has 4 heteroatoms. The maximum atomic E-state index is 5.71. The van der Waals surface area contributed by atoms with Gasteiger partial charge in [0.05, 0.1) is 0 Å². The molecule has 2 N–H and O–H groups in total. The minimum atomic E-state index is 0.611. The molecular weight excluding hydrogens is 248 g/mol. The average molecular weight is 270 g/mol. The fourth-order valence-corrected chi connectivity index (χ4v) is 3.05. The number of nitrogens with zero attached hydrogens (tertiary/aromatic N) is 3. The number of aromatic nitrogens is 3. The lowest BCUT2D eigenvalue weighted by Gasteiger charge is -2.24. The normalized spacial score (nSPS) is 16.4. The molecule has 1 aliphatic rings. The monoisotopic (exact) mass is 270 g/mol. The van der Waals surface area contributed by atoms with E-state index < -0.39 is 0 Å². The first-order valence-corrected chi connectivity index (χ1v) is 7.56. The predicted octanol–water partition coefficient (Wildman–Crippen LogP) is 3.15. The summed E-state index contributed by atoms with van der Waals surface area (Å²) in [6.07, 6.45) is 10.4. The molecule has 1 aromatic heterocycles. The zero-order valence-corrected chi connectivity index (χ0v) is 11.8. The fraction of sp³-hybridized carbons (Fsp3) is 0.500. The quantitative estimate of drug-likeness (QED) is 0.868. The summed E-state index contributed by atoms with van der Waals surface area (Å²) in [6, 6.07) is 8.72. The van der Waals surface area contributed by atoms with Gasteiger partial charge in [0.2, 0.25) is 0 Å². The Morgan fingerprint density at radius 1 is 1.05 bits per heavy atom. The maximum Gasteiger partial charge on any atom is 0.133 e. The van der Waals surface area contributed by atoms with Gasteiger partial charge < -0.3 is 10.3 Å². The lowest BCUT2D eigenvalue weighted by atomic mass is 9.95. The third-order valence-corrected chi connectivity index (χ3v) is 4.23. The highest BCUT2D eigenvalue weighted by Gasteiger charge is 2.18. The van der Waals surface area contributed by atoms with Crippen LogP contribution < -0.4 is 5.73 Å². The van der Waals surface area contributed by atoms with Crippen molar-refractivity contribution in [1.82, 2.24) is 14.8 Å². The van der Waals surface area contributed by atoms with E-state index in [1.807, 2.05) is 18.5 Å². The Kier molecular flexibility index (Phi) is 4.00. The zero-order chi connectivity index (χ0) is 13.8. The summed E-state index contributed by atoms with van der Waals surface area (Å²) in [5, 5.41) is 8.43. The van der Waals surface area contributed by atoms with Gasteiger partial charge in [0.25, 0.3) is 0 Å². The number of benzene rings is 1. The van der Waals surface area contributed by atoms with Crippen LogP contribution in [0.15, 0.2) is 30.6 Å². The maximum absolute atomic E-state index is 5.71. The summed E-state index contributed by atoms with van der Waals surface area (Å²) < 4.78 is 2.30. The van der Waals surface area contributed by atoms with Gasteiger partial charge in [0.15, 0.2) is 0 Å². The molecule has 1 saturated carbocycles. The highest BCUT2D eigenvalue weighted by Crippen LogP contribution is 2.28. The summed E-state index contributed by atoms with van der Waals surface area (Å²) in [4.78, 5) is 0. The van der Waals surface area contributed by atoms with E-state index in [1.165, 1.54) is 37.7 Å². The van der Waals surface area contributed by atoms with Crippen LogP contribution in [0.1, 0.15) is 49.5 Å². The summed E-state index contributed by atoms with van der Waals surface area (Å²) in [6.45, 7) is 0. The fourth-order valence-electron chi connectivity index (χ4n) is 3.05. The van der Waals surface area contributed by atoms with Crippen LogP contribution in [0.3, 0.4) is 0 Å². The van der Waals surface area contributed by atoms with Gasteiger partial charge in [-0.2, -0.15) is 0 Å². The number of hydrogen-bond donors (Lipinski definition) is 1. The van der Waals surface area contributed by atoms with E-state index in [9.17, 15) is 0 Å². The van der Waals surface area contributed by atoms with Crippen LogP contribution in [-0.2, 0) is 12.8 Å². The van der Waals surface area contributed by atoms with Crippen LogP contribution in [0.25, 0.3) is 0 Å². The molecule has 0 atom stereocenters.